The number of aliphatic hydroxyl groups is 1. The van der Waals surface area contributed by atoms with Gasteiger partial charge in [0.05, 0.1) is 12.0 Å². The van der Waals surface area contributed by atoms with E-state index in [2.05, 4.69) is 13.6 Å². The molecule has 6 atom stereocenters. The Hall–Kier alpha value is -0.730. The molecule has 15 nitrogen and oxygen atoms in total. The van der Waals surface area contributed by atoms with Crippen LogP contribution in [0.25, 0.3) is 0 Å². The molecule has 1 aromatic heterocycles. The molecule has 1 aromatic rings. The molecule has 178 valence electrons. The molecule has 31 heavy (non-hydrogen) atoms. The standard InChI is InChI=1S/C11H18ClFN3O12P3/c12-5-11(2-4-29(19,20)27-31(24,25)28-30(21,22)23)8(17)7(13)9(26-11)16-3-1-6(14)15-10(16)18/h1,3,7-9,17H,2,4-5H2,(H,19,20)(H,24,25)(H2,14,15,18)(H2,21,22,23). The molecule has 0 aromatic carbocycles. The molecule has 0 radical (unpaired) electrons. The number of hydrogen-bond acceptors (Lipinski definition) is 10. The summed E-state index contributed by atoms with van der Waals surface area (Å²) in [7, 11) is -16.3. The third-order valence-corrected chi connectivity index (χ3v) is 8.84. The fraction of sp³-hybridized carbons (Fsp3) is 0.636. The molecule has 7 N–H and O–H groups in total. The van der Waals surface area contributed by atoms with Crippen LogP contribution < -0.4 is 11.4 Å². The minimum absolute atomic E-state index is 0.164. The molecule has 0 spiro atoms. The Kier molecular flexibility index (Phi) is 7.92. The average Bonchev–Trinajstić information content (AvgIpc) is 2.82. The van der Waals surface area contributed by atoms with Crippen molar-refractivity contribution in [2.45, 2.75) is 30.5 Å². The van der Waals surface area contributed by atoms with Crippen molar-refractivity contribution in [3.63, 3.8) is 0 Å². The molecule has 0 amide bonds. The molecule has 6 unspecified atom stereocenters. The van der Waals surface area contributed by atoms with Gasteiger partial charge >= 0.3 is 28.9 Å². The first kappa shape index (κ1) is 26.5. The summed E-state index contributed by atoms with van der Waals surface area (Å²) in [5.41, 5.74) is 2.27. The molecule has 0 saturated carbocycles. The minimum atomic E-state index is -5.68. The second-order valence-electron chi connectivity index (χ2n) is 6.37. The number of anilines is 1. The molecular formula is C11H18ClFN3O12P3. The summed E-state index contributed by atoms with van der Waals surface area (Å²) in [5.74, 6) is -0.819. The van der Waals surface area contributed by atoms with Crippen molar-refractivity contribution in [1.29, 1.82) is 0 Å². The Morgan fingerprint density at radius 3 is 2.42 bits per heavy atom. The van der Waals surface area contributed by atoms with Crippen molar-refractivity contribution < 1.29 is 56.1 Å². The topological polar surface area (TPSA) is 241 Å². The Morgan fingerprint density at radius 2 is 1.90 bits per heavy atom. The molecule has 1 aliphatic rings. The maximum atomic E-state index is 14.7. The number of rotatable bonds is 9. The van der Waals surface area contributed by atoms with E-state index in [9.17, 15) is 37.8 Å². The first-order chi connectivity index (χ1) is 14.0. The highest BCUT2D eigenvalue weighted by atomic mass is 35.5. The molecule has 1 saturated heterocycles. The zero-order valence-corrected chi connectivity index (χ0v) is 18.6. The van der Waals surface area contributed by atoms with Gasteiger partial charge in [-0.2, -0.15) is 9.29 Å². The molecule has 20 heteroatoms. The molecular weight excluding hydrogens is 514 g/mol. The summed E-state index contributed by atoms with van der Waals surface area (Å²) in [4.78, 5) is 51.3. The lowest BCUT2D eigenvalue weighted by atomic mass is 9.95. The van der Waals surface area contributed by atoms with Crippen LogP contribution >= 0.6 is 34.8 Å². The number of nitrogen functional groups attached to an aromatic ring is 1. The van der Waals surface area contributed by atoms with Gasteiger partial charge in [-0.25, -0.2) is 22.6 Å². The van der Waals surface area contributed by atoms with Crippen molar-refractivity contribution in [3.8, 4) is 0 Å². The van der Waals surface area contributed by atoms with E-state index in [-0.39, 0.29) is 5.82 Å². The SMILES string of the molecule is Nc1ccn(C2OC(CCl)(CCP(=O)(O)OP(=O)(O)OP(=O)(O)O)C(O)C2F)c(=O)n1. The van der Waals surface area contributed by atoms with Crippen molar-refractivity contribution in [2.24, 2.45) is 0 Å². The van der Waals surface area contributed by atoms with Gasteiger partial charge in [-0.15, -0.1) is 11.6 Å². The van der Waals surface area contributed by atoms with Gasteiger partial charge in [-0.05, 0) is 12.5 Å². The normalized spacial score (nSPS) is 30.6. The van der Waals surface area contributed by atoms with Crippen LogP contribution in [0.5, 0.6) is 0 Å². The van der Waals surface area contributed by atoms with Crippen LogP contribution in [-0.2, 0) is 27.1 Å². The van der Waals surface area contributed by atoms with Crippen LogP contribution in [0.3, 0.4) is 0 Å². The van der Waals surface area contributed by atoms with Crippen LogP contribution in [0.4, 0.5) is 10.2 Å². The van der Waals surface area contributed by atoms with E-state index in [1.807, 2.05) is 0 Å². The fourth-order valence-corrected chi connectivity index (χ4v) is 6.81. The predicted molar refractivity (Wildman–Crippen MR) is 101 cm³/mol. The first-order valence-corrected chi connectivity index (χ1v) is 13.4. The van der Waals surface area contributed by atoms with Gasteiger partial charge in [0.1, 0.15) is 17.5 Å². The monoisotopic (exact) mass is 531 g/mol. The van der Waals surface area contributed by atoms with Gasteiger partial charge in [0, 0.05) is 6.20 Å². The van der Waals surface area contributed by atoms with Gasteiger partial charge in [0.2, 0.25) is 0 Å². The zero-order valence-electron chi connectivity index (χ0n) is 15.2. The Bertz CT molecular complexity index is 1020. The highest BCUT2D eigenvalue weighted by Crippen LogP contribution is 2.66. The summed E-state index contributed by atoms with van der Waals surface area (Å²) in [5, 5.41) is 10.3. The van der Waals surface area contributed by atoms with E-state index in [4.69, 9.17) is 31.9 Å². The summed E-state index contributed by atoms with van der Waals surface area (Å²) < 4.78 is 62.3. The molecule has 2 rings (SSSR count). The third-order valence-electron chi connectivity index (χ3n) is 4.08. The first-order valence-electron chi connectivity index (χ1n) is 8.04. The van der Waals surface area contributed by atoms with Gasteiger partial charge in [-0.1, -0.05) is 0 Å². The van der Waals surface area contributed by atoms with Crippen molar-refractivity contribution >= 4 is 40.7 Å². The van der Waals surface area contributed by atoms with Crippen LogP contribution in [0.1, 0.15) is 12.6 Å². The number of ether oxygens (including phenoxy) is 1. The predicted octanol–water partition coefficient (Wildman–Crippen LogP) is -0.167. The molecule has 0 aliphatic carbocycles. The zero-order chi connectivity index (χ0) is 23.8. The molecule has 0 bridgehead atoms. The quantitative estimate of drug-likeness (QED) is 0.179. The van der Waals surface area contributed by atoms with Gasteiger partial charge in [0.15, 0.2) is 12.4 Å². The largest absolute Gasteiger partial charge is 0.488 e. The highest BCUT2D eigenvalue weighted by Gasteiger charge is 2.56. The Balaban J connectivity index is 2.20. The number of nitrogens with zero attached hydrogens (tertiary/aromatic N) is 2. The molecule has 1 aliphatic heterocycles. The van der Waals surface area contributed by atoms with Crippen LogP contribution in [0, 0.1) is 0 Å². The lowest BCUT2D eigenvalue weighted by Gasteiger charge is -2.30. The fourth-order valence-electron chi connectivity index (χ4n) is 2.72. The second kappa shape index (κ2) is 9.26. The lowest BCUT2D eigenvalue weighted by molar-refractivity contribution is -0.0919. The maximum Gasteiger partial charge on any atom is 0.488 e. The van der Waals surface area contributed by atoms with E-state index in [1.165, 1.54) is 0 Å². The lowest BCUT2D eigenvalue weighted by Crippen LogP contribution is -2.44. The van der Waals surface area contributed by atoms with Crippen LogP contribution in [0.2, 0.25) is 0 Å². The van der Waals surface area contributed by atoms with Crippen molar-refractivity contribution in [2.75, 3.05) is 17.8 Å². The van der Waals surface area contributed by atoms with Crippen LogP contribution in [0.15, 0.2) is 17.1 Å². The molecule has 2 heterocycles. The smallest absolute Gasteiger partial charge is 0.387 e. The number of phosphoric acid groups is 2. The highest BCUT2D eigenvalue weighted by molar-refractivity contribution is 7.68. The average molecular weight is 532 g/mol. The van der Waals surface area contributed by atoms with E-state index in [1.54, 1.807) is 0 Å². The van der Waals surface area contributed by atoms with E-state index < -0.39 is 71.5 Å². The number of aromatic nitrogens is 2. The summed E-state index contributed by atoms with van der Waals surface area (Å²) in [6.45, 7) is 0. The summed E-state index contributed by atoms with van der Waals surface area (Å²) in [6, 6.07) is 1.15. The van der Waals surface area contributed by atoms with E-state index in [0.29, 0.717) is 4.57 Å². The maximum absolute atomic E-state index is 14.7. The summed E-state index contributed by atoms with van der Waals surface area (Å²) in [6.07, 6.45) is -6.79. The van der Waals surface area contributed by atoms with Gasteiger partial charge in [-0.3, -0.25) is 9.13 Å². The van der Waals surface area contributed by atoms with Crippen LogP contribution in [-0.4, -0.2) is 64.1 Å². The number of aliphatic hydroxyl groups excluding tert-OH is 1. The minimum Gasteiger partial charge on any atom is -0.387 e. The van der Waals surface area contributed by atoms with E-state index in [0.717, 1.165) is 12.3 Å². The Labute approximate surface area is 177 Å². The number of hydrogen-bond donors (Lipinski definition) is 6. The number of nitrogens with two attached hydrogens (primary N) is 1. The van der Waals surface area contributed by atoms with Gasteiger partial charge < -0.3 is 35.2 Å². The van der Waals surface area contributed by atoms with Crippen molar-refractivity contribution in [3.05, 3.63) is 22.7 Å². The third kappa shape index (κ3) is 6.64. The second-order valence-corrected chi connectivity index (χ2v) is 11.6. The summed E-state index contributed by atoms with van der Waals surface area (Å²) >= 11 is 5.77. The Morgan fingerprint density at radius 1 is 1.29 bits per heavy atom. The van der Waals surface area contributed by atoms with E-state index >= 15 is 0 Å². The number of halogens is 2. The molecule has 1 fully saturated rings. The van der Waals surface area contributed by atoms with Gasteiger partial charge in [0.25, 0.3) is 0 Å². The number of alkyl halides is 2. The van der Waals surface area contributed by atoms with Crippen molar-refractivity contribution in [1.82, 2.24) is 9.55 Å².